The summed E-state index contributed by atoms with van der Waals surface area (Å²) in [6.45, 7) is -0.253. The van der Waals surface area contributed by atoms with Gasteiger partial charge in [0, 0.05) is 11.8 Å². The van der Waals surface area contributed by atoms with E-state index >= 15 is 0 Å². The van der Waals surface area contributed by atoms with Crippen molar-refractivity contribution in [3.8, 4) is 17.2 Å². The van der Waals surface area contributed by atoms with Gasteiger partial charge in [0.05, 0.1) is 6.54 Å². The highest BCUT2D eigenvalue weighted by atomic mass is 16.5. The van der Waals surface area contributed by atoms with Crippen molar-refractivity contribution in [2.24, 2.45) is 0 Å². The molecule has 3 aromatic rings. The predicted molar refractivity (Wildman–Crippen MR) is 99.8 cm³/mol. The average molecular weight is 363 g/mol. The van der Waals surface area contributed by atoms with Gasteiger partial charge in [0.1, 0.15) is 11.5 Å². The fraction of sp³-hybridized carbons (Fsp3) is 0.0500. The molecule has 0 bridgehead atoms. The topological polar surface area (TPSA) is 101 Å². The van der Waals surface area contributed by atoms with Crippen molar-refractivity contribution in [2.45, 2.75) is 0 Å². The molecule has 1 heterocycles. The van der Waals surface area contributed by atoms with E-state index in [1.165, 1.54) is 18.3 Å². The van der Waals surface area contributed by atoms with Gasteiger partial charge in [-0.1, -0.05) is 18.2 Å². The molecule has 2 aromatic carbocycles. The Morgan fingerprint density at radius 3 is 2.33 bits per heavy atom. The molecular formula is C20H17N3O4. The third kappa shape index (κ3) is 5.05. The fourth-order valence-corrected chi connectivity index (χ4v) is 2.23. The summed E-state index contributed by atoms with van der Waals surface area (Å²) < 4.78 is 5.66. The second kappa shape index (κ2) is 8.48. The van der Waals surface area contributed by atoms with Crippen molar-refractivity contribution in [3.63, 3.8) is 0 Å². The number of aromatic hydroxyl groups is 1. The summed E-state index contributed by atoms with van der Waals surface area (Å²) in [6, 6.07) is 18.8. The number of pyridine rings is 1. The third-order valence-corrected chi connectivity index (χ3v) is 3.55. The molecule has 136 valence electrons. The lowest BCUT2D eigenvalue weighted by atomic mass is 10.2. The summed E-state index contributed by atoms with van der Waals surface area (Å²) in [4.78, 5) is 27.8. The summed E-state index contributed by atoms with van der Waals surface area (Å²) >= 11 is 0. The minimum absolute atomic E-state index is 0.0409. The zero-order valence-corrected chi connectivity index (χ0v) is 14.3. The quantitative estimate of drug-likeness (QED) is 0.625. The van der Waals surface area contributed by atoms with Crippen LogP contribution in [0.15, 0.2) is 72.9 Å². The molecule has 0 aliphatic carbocycles. The molecule has 0 fully saturated rings. The van der Waals surface area contributed by atoms with Gasteiger partial charge in [-0.15, -0.1) is 0 Å². The number of rotatable bonds is 6. The first kappa shape index (κ1) is 17.9. The van der Waals surface area contributed by atoms with Crippen LogP contribution in [0.5, 0.6) is 17.2 Å². The molecule has 0 atom stereocenters. The van der Waals surface area contributed by atoms with Crippen molar-refractivity contribution in [1.82, 2.24) is 10.3 Å². The molecule has 0 radical (unpaired) electrons. The van der Waals surface area contributed by atoms with E-state index in [4.69, 9.17) is 4.74 Å². The number of carbonyl (C=O) groups excluding carboxylic acids is 2. The van der Waals surface area contributed by atoms with Crippen molar-refractivity contribution < 1.29 is 19.4 Å². The lowest BCUT2D eigenvalue weighted by molar-refractivity contribution is -0.115. The van der Waals surface area contributed by atoms with E-state index in [0.29, 0.717) is 17.1 Å². The Hall–Kier alpha value is -3.87. The molecule has 2 amide bonds. The number of ether oxygens (including phenoxy) is 1. The summed E-state index contributed by atoms with van der Waals surface area (Å²) in [7, 11) is 0. The van der Waals surface area contributed by atoms with Crippen LogP contribution in [-0.4, -0.2) is 28.4 Å². The molecule has 0 saturated heterocycles. The van der Waals surface area contributed by atoms with Crippen LogP contribution in [0, 0.1) is 0 Å². The summed E-state index contributed by atoms with van der Waals surface area (Å²) in [6.07, 6.45) is 1.44. The molecule has 3 N–H and O–H groups in total. The number of nitrogens with zero attached hydrogens (tertiary/aromatic N) is 1. The number of anilines is 1. The first-order chi connectivity index (χ1) is 13.1. The highest BCUT2D eigenvalue weighted by molar-refractivity contribution is 5.99. The van der Waals surface area contributed by atoms with E-state index in [9.17, 15) is 14.7 Å². The molecule has 0 saturated carbocycles. The zero-order chi connectivity index (χ0) is 19.1. The SMILES string of the molecule is O=C(CNC(=O)c1ccc(Oc2ccccc2)cc1)Nc1ncccc1O. The Balaban J connectivity index is 1.52. The molecule has 7 nitrogen and oxygen atoms in total. The number of nitrogens with one attached hydrogen (secondary N) is 2. The molecule has 27 heavy (non-hydrogen) atoms. The van der Waals surface area contributed by atoms with E-state index < -0.39 is 11.8 Å². The van der Waals surface area contributed by atoms with Crippen LogP contribution in [0.2, 0.25) is 0 Å². The summed E-state index contributed by atoms with van der Waals surface area (Å²) in [5.74, 6) is 0.290. The van der Waals surface area contributed by atoms with Gasteiger partial charge in [-0.2, -0.15) is 0 Å². The minimum atomic E-state index is -0.499. The van der Waals surface area contributed by atoms with Gasteiger partial charge >= 0.3 is 0 Å². The van der Waals surface area contributed by atoms with Crippen LogP contribution in [-0.2, 0) is 4.79 Å². The highest BCUT2D eigenvalue weighted by Crippen LogP contribution is 2.21. The number of carbonyl (C=O) groups is 2. The molecular weight excluding hydrogens is 346 g/mol. The maximum absolute atomic E-state index is 12.1. The predicted octanol–water partition coefficient (Wildman–Crippen LogP) is 2.95. The number of hydrogen-bond donors (Lipinski definition) is 3. The highest BCUT2D eigenvalue weighted by Gasteiger charge is 2.10. The average Bonchev–Trinajstić information content (AvgIpc) is 2.69. The number of benzene rings is 2. The van der Waals surface area contributed by atoms with E-state index in [1.54, 1.807) is 24.3 Å². The monoisotopic (exact) mass is 363 g/mol. The van der Waals surface area contributed by atoms with Crippen LogP contribution >= 0.6 is 0 Å². The lowest BCUT2D eigenvalue weighted by Gasteiger charge is -2.08. The fourth-order valence-electron chi connectivity index (χ4n) is 2.23. The van der Waals surface area contributed by atoms with Crippen LogP contribution in [0.25, 0.3) is 0 Å². The maximum atomic E-state index is 12.1. The van der Waals surface area contributed by atoms with Gasteiger partial charge < -0.3 is 20.5 Å². The Morgan fingerprint density at radius 2 is 1.63 bits per heavy atom. The molecule has 0 aliphatic heterocycles. The standard InChI is InChI=1S/C20H17N3O4/c24-17-7-4-12-21-19(17)23-18(25)13-22-20(26)14-8-10-16(11-9-14)27-15-5-2-1-3-6-15/h1-12,24H,13H2,(H,22,26)(H,21,23,25). The minimum Gasteiger partial charge on any atom is -0.504 e. The zero-order valence-electron chi connectivity index (χ0n) is 14.3. The van der Waals surface area contributed by atoms with Gasteiger partial charge in [0.2, 0.25) is 5.91 Å². The maximum Gasteiger partial charge on any atom is 0.251 e. The number of amides is 2. The van der Waals surface area contributed by atoms with E-state index in [0.717, 1.165) is 0 Å². The Labute approximate surface area is 155 Å². The smallest absolute Gasteiger partial charge is 0.251 e. The summed E-state index contributed by atoms with van der Waals surface area (Å²) in [5.41, 5.74) is 0.392. The van der Waals surface area contributed by atoms with Crippen LogP contribution in [0.1, 0.15) is 10.4 Å². The lowest BCUT2D eigenvalue weighted by Crippen LogP contribution is -2.33. The number of hydrogen-bond acceptors (Lipinski definition) is 5. The Morgan fingerprint density at radius 1 is 0.926 bits per heavy atom. The molecule has 0 unspecified atom stereocenters. The van der Waals surface area contributed by atoms with Gasteiger partial charge in [-0.05, 0) is 48.5 Å². The van der Waals surface area contributed by atoms with Gasteiger partial charge in [-0.3, -0.25) is 9.59 Å². The molecule has 7 heteroatoms. The molecule has 1 aromatic heterocycles. The van der Waals surface area contributed by atoms with Crippen LogP contribution in [0.3, 0.4) is 0 Å². The van der Waals surface area contributed by atoms with Gasteiger partial charge in [0.15, 0.2) is 11.6 Å². The van der Waals surface area contributed by atoms with Gasteiger partial charge in [0.25, 0.3) is 5.91 Å². The van der Waals surface area contributed by atoms with E-state index in [2.05, 4.69) is 15.6 Å². The molecule has 0 aliphatic rings. The van der Waals surface area contributed by atoms with E-state index in [1.807, 2.05) is 30.3 Å². The largest absolute Gasteiger partial charge is 0.504 e. The first-order valence-electron chi connectivity index (χ1n) is 8.17. The van der Waals surface area contributed by atoms with Crippen molar-refractivity contribution in [3.05, 3.63) is 78.5 Å². The van der Waals surface area contributed by atoms with Crippen molar-refractivity contribution in [2.75, 3.05) is 11.9 Å². The van der Waals surface area contributed by atoms with E-state index in [-0.39, 0.29) is 18.1 Å². The van der Waals surface area contributed by atoms with Crippen molar-refractivity contribution >= 4 is 17.6 Å². The second-order valence-corrected chi connectivity index (χ2v) is 5.54. The molecule has 3 rings (SSSR count). The molecule has 0 spiro atoms. The summed E-state index contributed by atoms with van der Waals surface area (Å²) in [5, 5.41) is 14.5. The number of para-hydroxylation sites is 1. The van der Waals surface area contributed by atoms with Crippen LogP contribution < -0.4 is 15.4 Å². The first-order valence-corrected chi connectivity index (χ1v) is 8.17. The Bertz CT molecular complexity index is 927. The normalized spacial score (nSPS) is 10.1. The van der Waals surface area contributed by atoms with Crippen LogP contribution in [0.4, 0.5) is 5.82 Å². The Kier molecular flexibility index (Phi) is 5.64. The number of aromatic nitrogens is 1. The second-order valence-electron chi connectivity index (χ2n) is 5.54. The van der Waals surface area contributed by atoms with Crippen molar-refractivity contribution in [1.29, 1.82) is 0 Å². The third-order valence-electron chi connectivity index (χ3n) is 3.55. The van der Waals surface area contributed by atoms with Gasteiger partial charge in [-0.25, -0.2) is 4.98 Å².